The smallest absolute Gasteiger partial charge is 0.143 e. The number of rotatable bonds is 5. The van der Waals surface area contributed by atoms with Crippen molar-refractivity contribution in [1.29, 1.82) is 0 Å². The molecule has 0 saturated carbocycles. The summed E-state index contributed by atoms with van der Waals surface area (Å²) in [5, 5.41) is -4.50. The van der Waals surface area contributed by atoms with Crippen LogP contribution in [0, 0.1) is 0 Å². The molecule has 234 valence electrons. The highest BCUT2D eigenvalue weighted by atomic mass is 16.3. The maximum atomic E-state index is 9.70. The molecule has 10 aromatic rings. The van der Waals surface area contributed by atoms with Crippen molar-refractivity contribution in [2.24, 2.45) is 0 Å². The largest absolute Gasteiger partial charge is 0.455 e. The highest BCUT2D eigenvalue weighted by molar-refractivity contribution is 6.19. The quantitative estimate of drug-likeness (QED) is 0.167. The molecule has 0 atom stereocenters. The summed E-state index contributed by atoms with van der Waals surface area (Å²) in [7, 11) is 0. The first kappa shape index (κ1) is 11.6. The Morgan fingerprint density at radius 3 is 1.80 bits per heavy atom. The first-order valence-electron chi connectivity index (χ1n) is 29.9. The lowest BCUT2D eigenvalue weighted by molar-refractivity contribution is 0.673. The van der Waals surface area contributed by atoms with Crippen LogP contribution in [0.15, 0.2) is 186 Å². The Hall–Kier alpha value is -6.44. The molecule has 1 aromatic heterocycles. The van der Waals surface area contributed by atoms with Crippen molar-refractivity contribution < 1.29 is 45.5 Å². The third-order valence-electron chi connectivity index (χ3n) is 8.13. The molecule has 0 fully saturated rings. The van der Waals surface area contributed by atoms with Gasteiger partial charge >= 0.3 is 0 Å². The van der Waals surface area contributed by atoms with E-state index in [1.54, 1.807) is 0 Å². The molecule has 0 aliphatic rings. The molecule has 10 rings (SSSR count). The second-order valence-corrected chi connectivity index (χ2v) is 10.9. The Balaban J connectivity index is 1.37. The highest BCUT2D eigenvalue weighted by Crippen LogP contribution is 2.43. The van der Waals surface area contributed by atoms with Crippen molar-refractivity contribution in [3.8, 4) is 33.4 Å². The number of hydrogen-bond acceptors (Lipinski definition) is 1. The van der Waals surface area contributed by atoms with E-state index in [0.29, 0.717) is 0 Å². The lowest BCUT2D eigenvalue weighted by Crippen LogP contribution is -1.96. The van der Waals surface area contributed by atoms with Gasteiger partial charge in [-0.3, -0.25) is 0 Å². The fraction of sp³-hybridized carbons (Fsp3) is 0.0204. The summed E-state index contributed by atoms with van der Waals surface area (Å²) in [6.45, 7) is 0. The topological polar surface area (TPSA) is 13.1 Å². The van der Waals surface area contributed by atoms with Gasteiger partial charge in [0, 0.05) is 16.2 Å². The van der Waals surface area contributed by atoms with Crippen LogP contribution in [0.3, 0.4) is 0 Å². The fourth-order valence-electron chi connectivity index (χ4n) is 5.99. The van der Waals surface area contributed by atoms with Gasteiger partial charge in [0.15, 0.2) is 0 Å². The van der Waals surface area contributed by atoms with E-state index in [4.69, 9.17) is 31.8 Å². The number of fused-ring (bicyclic) bond motifs is 7. The van der Waals surface area contributed by atoms with Gasteiger partial charge in [-0.15, -0.1) is 0 Å². The molecule has 0 bridgehead atoms. The van der Waals surface area contributed by atoms with Crippen LogP contribution >= 0.6 is 0 Å². The Morgan fingerprint density at radius 1 is 0.420 bits per heavy atom. The number of hydrogen-bond donors (Lipinski definition) is 0. The molecule has 1 heteroatoms. The van der Waals surface area contributed by atoms with Gasteiger partial charge in [0.25, 0.3) is 0 Å². The van der Waals surface area contributed by atoms with Crippen LogP contribution in [0.1, 0.15) is 52.2 Å². The van der Waals surface area contributed by atoms with Gasteiger partial charge in [-0.25, -0.2) is 0 Å². The van der Waals surface area contributed by atoms with Gasteiger partial charge in [0.05, 0.1) is 41.1 Å². The average Bonchev–Trinajstić information content (AvgIpc) is 3.98. The lowest BCUT2D eigenvalue weighted by Gasteiger charge is -2.18. The number of benzene rings is 9. The van der Waals surface area contributed by atoms with Crippen LogP contribution in [0.2, 0.25) is 0 Å². The van der Waals surface area contributed by atoms with E-state index >= 15 is 0 Å². The van der Waals surface area contributed by atoms with Gasteiger partial charge in [0.1, 0.15) is 11.2 Å². The predicted octanol–water partition coefficient (Wildman–Crippen LogP) is 13.6. The summed E-state index contributed by atoms with van der Waals surface area (Å²) in [6, 6.07) is -27.2. The average molecular weight is 667 g/mol. The van der Waals surface area contributed by atoms with Crippen LogP contribution in [-0.4, -0.2) is 0 Å². The first-order chi connectivity index (χ1) is 37.3. The molecule has 0 saturated heterocycles. The van der Waals surface area contributed by atoms with Crippen molar-refractivity contribution in [3.63, 3.8) is 0 Å². The molecule has 0 unspecified atom stereocenters. The van der Waals surface area contributed by atoms with Crippen LogP contribution in [-0.2, 0) is 6.42 Å². The summed E-state index contributed by atoms with van der Waals surface area (Å²) in [6.07, 6.45) is -0.964. The van der Waals surface area contributed by atoms with Crippen LogP contribution in [0.5, 0.6) is 0 Å². The normalized spacial score (nSPS) is 20.1. The Kier molecular flexibility index (Phi) is 2.69. The molecular formula is C49H32O. The fourth-order valence-corrected chi connectivity index (χ4v) is 5.99. The zero-order chi connectivity index (χ0) is 59.1. The lowest BCUT2D eigenvalue weighted by atomic mass is 9.85. The SMILES string of the molecule is [2H]c1c([2H])c([2H])c(-c2c([2H])c([2H])c([2H])c(Cc3c4c([2H])c([2H])c([2H])c([2H])c4c(-c4c([2H])c([2H])c(-c5c([2H])c([2H])c([2H])c6oc7c8c([2H])c([2H])c([2H])c([2H])c8c([2H])c([2H])c7c56)c([2H])c4[2H])c4c([2H])c([2H])c([2H])c([2H])c34)c2[2H])c([2H])c1[2H]. The van der Waals surface area contributed by atoms with Gasteiger partial charge in [0.2, 0.25) is 0 Å². The minimum atomic E-state index is -1.10. The predicted molar refractivity (Wildman–Crippen MR) is 212 cm³/mol. The van der Waals surface area contributed by atoms with Crippen LogP contribution in [0.4, 0.5) is 0 Å². The summed E-state index contributed by atoms with van der Waals surface area (Å²) in [4.78, 5) is 0. The minimum Gasteiger partial charge on any atom is -0.455 e. The Labute approximate surface area is 332 Å². The van der Waals surface area contributed by atoms with Crippen molar-refractivity contribution in [2.45, 2.75) is 6.42 Å². The molecule has 0 N–H and O–H groups in total. The van der Waals surface area contributed by atoms with E-state index in [9.17, 15) is 13.7 Å². The van der Waals surface area contributed by atoms with Gasteiger partial charge in [-0.05, 0) is 89.9 Å². The summed E-state index contributed by atoms with van der Waals surface area (Å²) in [5.41, 5.74) is -6.72. The maximum absolute atomic E-state index is 9.70. The van der Waals surface area contributed by atoms with Crippen molar-refractivity contribution in [3.05, 3.63) is 192 Å². The Morgan fingerprint density at radius 2 is 1.04 bits per heavy atom. The van der Waals surface area contributed by atoms with E-state index in [0.717, 1.165) is 0 Å². The molecule has 1 nitrogen and oxygen atoms in total. The molecule has 0 aliphatic heterocycles. The summed E-state index contributed by atoms with van der Waals surface area (Å²) >= 11 is 0. The van der Waals surface area contributed by atoms with E-state index in [2.05, 4.69) is 0 Å². The van der Waals surface area contributed by atoms with Crippen LogP contribution < -0.4 is 0 Å². The first-order valence-corrected chi connectivity index (χ1v) is 14.9. The second-order valence-electron chi connectivity index (χ2n) is 10.9. The van der Waals surface area contributed by atoms with E-state index < -0.39 is 286 Å². The molecule has 0 radical (unpaired) electrons. The molecule has 50 heavy (non-hydrogen) atoms. The molecule has 0 aliphatic carbocycles. The molecule has 0 amide bonds. The maximum Gasteiger partial charge on any atom is 0.143 e. The van der Waals surface area contributed by atoms with Gasteiger partial charge in [-0.2, -0.15) is 0 Å². The van der Waals surface area contributed by atoms with E-state index in [1.165, 1.54) is 0 Å². The second kappa shape index (κ2) is 11.6. The third-order valence-corrected chi connectivity index (χ3v) is 8.13. The van der Waals surface area contributed by atoms with Gasteiger partial charge < -0.3 is 4.42 Å². The van der Waals surface area contributed by atoms with Crippen LogP contribution in [0.25, 0.3) is 87.6 Å². The standard InChI is InChI=1S/C49H32O/c1-2-13-33(14-3-1)37-16-10-12-32(30-37)31-45-40-18-6-8-20-42(40)47(43-21-9-7-19-41(43)45)36-26-24-35(25-27-36)38-22-11-23-46-48(38)44-29-28-34-15-4-5-17-39(34)49(44)50-46/h1-30H,31H2/i1D,2D,3D,4D,5D,6D,7D,8D,9D,10D,11D,12D,13D,14D,15D,16D,17D,18D,19D,20D,21D,22D,23D,24D,25D,26D,27D,28D,29D,30D. The minimum absolute atomic E-state index is 0.432. The summed E-state index contributed by atoms with van der Waals surface area (Å²) < 4.78 is 274. The van der Waals surface area contributed by atoms with Gasteiger partial charge in [-0.1, -0.05) is 169 Å². The molecule has 1 heterocycles. The molecular weight excluding hydrogens is 605 g/mol. The zero-order valence-corrected chi connectivity index (χ0v) is 25.1. The highest BCUT2D eigenvalue weighted by Gasteiger charge is 2.18. The zero-order valence-electron chi connectivity index (χ0n) is 55.1. The van der Waals surface area contributed by atoms with Crippen molar-refractivity contribution in [2.75, 3.05) is 0 Å². The third kappa shape index (κ3) is 4.63. The summed E-state index contributed by atoms with van der Waals surface area (Å²) in [5.74, 6) is 0. The van der Waals surface area contributed by atoms with E-state index in [-0.39, 0.29) is 0 Å². The monoisotopic (exact) mass is 666 g/mol. The number of furan rings is 1. The van der Waals surface area contributed by atoms with Crippen molar-refractivity contribution >= 4 is 54.3 Å². The Bertz CT molecular complexity index is 4480. The molecule has 0 spiro atoms. The van der Waals surface area contributed by atoms with Crippen molar-refractivity contribution in [1.82, 2.24) is 0 Å². The molecule has 9 aromatic carbocycles. The van der Waals surface area contributed by atoms with E-state index in [1.807, 2.05) is 0 Å².